The maximum atomic E-state index is 16.1. The molecule has 4 heterocycles. The standard InChI is InChI=1S/C41H36FN5O8/c1-52-28-16-12-26(13-17-28)41(25-8-4-3-5-9-25,27-14-18-29(53-2)19-15-27)54-22-32-33(42)35(48)40(55-32)47-24-43-34-36(47)44-23-45(39(34)51)20-21-46-37(49)30-10-6-7-11-31(30)38(46)50/h3-19,23-24,32-33,35,40,48H,20-22H2,1-2H3/t32-,33-,35-,40-/m1/s1. The van der Waals surface area contributed by atoms with Crippen LogP contribution in [0.15, 0.2) is 121 Å². The monoisotopic (exact) mass is 745 g/mol. The highest BCUT2D eigenvalue weighted by molar-refractivity contribution is 6.21. The Balaban J connectivity index is 1.06. The number of halogens is 1. The lowest BCUT2D eigenvalue weighted by Gasteiger charge is -2.37. The molecule has 2 aromatic heterocycles. The third kappa shape index (κ3) is 6.13. The van der Waals surface area contributed by atoms with Gasteiger partial charge in [-0.3, -0.25) is 28.4 Å². The summed E-state index contributed by atoms with van der Waals surface area (Å²) in [6, 6.07) is 30.8. The van der Waals surface area contributed by atoms with Crippen LogP contribution in [0.1, 0.15) is 43.6 Å². The fourth-order valence-electron chi connectivity index (χ4n) is 7.30. The average Bonchev–Trinajstić information content (AvgIpc) is 3.86. The molecule has 2 aliphatic rings. The molecule has 13 nitrogen and oxygen atoms in total. The number of aliphatic hydroxyl groups is 1. The van der Waals surface area contributed by atoms with Gasteiger partial charge in [-0.15, -0.1) is 0 Å². The van der Waals surface area contributed by atoms with Crippen molar-refractivity contribution >= 4 is 23.0 Å². The molecule has 1 fully saturated rings. The third-order valence-electron chi connectivity index (χ3n) is 10.2. The number of nitrogens with zero attached hydrogens (tertiary/aromatic N) is 5. The van der Waals surface area contributed by atoms with Crippen molar-refractivity contribution in [3.05, 3.63) is 154 Å². The number of rotatable bonds is 12. The zero-order valence-electron chi connectivity index (χ0n) is 29.8. The van der Waals surface area contributed by atoms with Gasteiger partial charge in [0.15, 0.2) is 23.6 Å². The number of carbonyl (C=O) groups is 2. The first-order chi connectivity index (χ1) is 26.7. The molecule has 0 aliphatic carbocycles. The zero-order chi connectivity index (χ0) is 38.3. The topological polar surface area (TPSA) is 147 Å². The first kappa shape index (κ1) is 35.8. The van der Waals surface area contributed by atoms with Gasteiger partial charge in [0.05, 0.1) is 38.3 Å². The smallest absolute Gasteiger partial charge is 0.281 e. The number of carbonyl (C=O) groups excluding carboxylic acids is 2. The Hall–Kier alpha value is -6.22. The van der Waals surface area contributed by atoms with Crippen LogP contribution >= 0.6 is 0 Å². The fourth-order valence-corrected chi connectivity index (χ4v) is 7.30. The lowest BCUT2D eigenvalue weighted by molar-refractivity contribution is -0.0894. The first-order valence-electron chi connectivity index (χ1n) is 17.6. The van der Waals surface area contributed by atoms with Gasteiger partial charge >= 0.3 is 0 Å². The number of hydrogen-bond acceptors (Lipinski definition) is 10. The normalized spacial score (nSPS) is 19.6. The predicted octanol–water partition coefficient (Wildman–Crippen LogP) is 4.51. The van der Waals surface area contributed by atoms with Crippen LogP contribution in [0.3, 0.4) is 0 Å². The lowest BCUT2D eigenvalue weighted by atomic mass is 9.80. The Kier molecular flexibility index (Phi) is 9.47. The summed E-state index contributed by atoms with van der Waals surface area (Å²) in [5, 5.41) is 11.2. The molecule has 6 aromatic rings. The number of ether oxygens (including phenoxy) is 4. The lowest BCUT2D eigenvalue weighted by Crippen LogP contribution is -2.38. The summed E-state index contributed by atoms with van der Waals surface area (Å²) in [5.74, 6) is 0.412. The van der Waals surface area contributed by atoms with Gasteiger partial charge in [0.1, 0.15) is 35.6 Å². The van der Waals surface area contributed by atoms with Crippen molar-refractivity contribution in [3.63, 3.8) is 0 Å². The summed E-state index contributed by atoms with van der Waals surface area (Å²) in [4.78, 5) is 48.9. The second-order valence-corrected chi connectivity index (χ2v) is 13.2. The Labute approximate surface area is 314 Å². The van der Waals surface area contributed by atoms with Gasteiger partial charge in [0.25, 0.3) is 17.4 Å². The van der Waals surface area contributed by atoms with Crippen LogP contribution < -0.4 is 15.0 Å². The molecule has 8 rings (SSSR count). The molecule has 4 aromatic carbocycles. The van der Waals surface area contributed by atoms with Crippen molar-refractivity contribution in [1.29, 1.82) is 0 Å². The number of methoxy groups -OCH3 is 2. The van der Waals surface area contributed by atoms with Crippen molar-refractivity contribution in [1.82, 2.24) is 24.0 Å². The minimum Gasteiger partial charge on any atom is -0.497 e. The van der Waals surface area contributed by atoms with Crippen molar-refractivity contribution in [2.75, 3.05) is 27.4 Å². The maximum Gasteiger partial charge on any atom is 0.281 e. The van der Waals surface area contributed by atoms with Crippen LogP contribution in [0.25, 0.3) is 11.2 Å². The highest BCUT2D eigenvalue weighted by atomic mass is 19.1. The van der Waals surface area contributed by atoms with E-state index >= 15 is 4.39 Å². The van der Waals surface area contributed by atoms with Crippen LogP contribution in [0.4, 0.5) is 4.39 Å². The quantitative estimate of drug-likeness (QED) is 0.140. The second-order valence-electron chi connectivity index (χ2n) is 13.2. The number of imidazole rings is 1. The summed E-state index contributed by atoms with van der Waals surface area (Å²) in [5.41, 5.74) is 1.06. The summed E-state index contributed by atoms with van der Waals surface area (Å²) < 4.78 is 42.5. The molecular weight excluding hydrogens is 709 g/mol. The van der Waals surface area contributed by atoms with Crippen molar-refractivity contribution in [3.8, 4) is 11.5 Å². The Morgan fingerprint density at radius 1 is 0.745 bits per heavy atom. The van der Waals surface area contributed by atoms with E-state index in [1.165, 1.54) is 21.8 Å². The molecule has 280 valence electrons. The molecule has 0 radical (unpaired) electrons. The number of benzene rings is 4. The van der Waals surface area contributed by atoms with Gasteiger partial charge < -0.3 is 24.1 Å². The van der Waals surface area contributed by atoms with E-state index in [0.717, 1.165) is 21.6 Å². The van der Waals surface area contributed by atoms with Crippen LogP contribution in [0.5, 0.6) is 11.5 Å². The van der Waals surface area contributed by atoms with Crippen molar-refractivity contribution in [2.45, 2.75) is 36.8 Å². The summed E-state index contributed by atoms with van der Waals surface area (Å²) in [6.45, 7) is -0.375. The van der Waals surface area contributed by atoms with Gasteiger partial charge in [-0.1, -0.05) is 66.7 Å². The van der Waals surface area contributed by atoms with Crippen molar-refractivity contribution < 1.29 is 38.0 Å². The fraction of sp³-hybridized carbons (Fsp3) is 0.244. The maximum absolute atomic E-state index is 16.1. The molecule has 0 bridgehead atoms. The van der Waals surface area contributed by atoms with E-state index in [1.54, 1.807) is 38.5 Å². The largest absolute Gasteiger partial charge is 0.497 e. The Morgan fingerprint density at radius 3 is 1.89 bits per heavy atom. The van der Waals surface area contributed by atoms with E-state index in [0.29, 0.717) is 22.6 Å². The summed E-state index contributed by atoms with van der Waals surface area (Å²) in [6.07, 6.45) is -3.55. The first-order valence-corrected chi connectivity index (χ1v) is 17.6. The van der Waals surface area contributed by atoms with Gasteiger partial charge in [-0.2, -0.15) is 0 Å². The highest BCUT2D eigenvalue weighted by Gasteiger charge is 2.48. The van der Waals surface area contributed by atoms with E-state index < -0.39 is 47.6 Å². The molecular formula is C41H36FN5O8. The molecule has 4 atom stereocenters. The van der Waals surface area contributed by atoms with Crippen LogP contribution in [0.2, 0.25) is 0 Å². The number of hydrogen-bond donors (Lipinski definition) is 1. The molecule has 1 N–H and O–H groups in total. The van der Waals surface area contributed by atoms with E-state index in [2.05, 4.69) is 9.97 Å². The number of aliphatic hydroxyl groups excluding tert-OH is 1. The molecule has 0 unspecified atom stereocenters. The number of aromatic nitrogens is 4. The minimum atomic E-state index is -1.89. The molecule has 14 heteroatoms. The van der Waals surface area contributed by atoms with Gasteiger partial charge in [0.2, 0.25) is 0 Å². The van der Waals surface area contributed by atoms with Gasteiger partial charge in [0, 0.05) is 13.1 Å². The molecule has 55 heavy (non-hydrogen) atoms. The third-order valence-corrected chi connectivity index (χ3v) is 10.2. The van der Waals surface area contributed by atoms with Gasteiger partial charge in [-0.05, 0) is 53.1 Å². The van der Waals surface area contributed by atoms with E-state index in [1.807, 2.05) is 78.9 Å². The van der Waals surface area contributed by atoms with Crippen molar-refractivity contribution in [2.24, 2.45) is 0 Å². The number of alkyl halides is 1. The number of imide groups is 1. The molecule has 1 saturated heterocycles. The average molecular weight is 746 g/mol. The summed E-state index contributed by atoms with van der Waals surface area (Å²) in [7, 11) is 3.16. The molecule has 0 spiro atoms. The zero-order valence-corrected chi connectivity index (χ0v) is 29.8. The highest BCUT2D eigenvalue weighted by Crippen LogP contribution is 2.43. The number of amides is 2. The summed E-state index contributed by atoms with van der Waals surface area (Å²) >= 11 is 0. The minimum absolute atomic E-state index is 0.0276. The molecule has 0 saturated carbocycles. The Morgan fingerprint density at radius 2 is 1.31 bits per heavy atom. The molecule has 2 amide bonds. The van der Waals surface area contributed by atoms with Crippen LogP contribution in [0, 0.1) is 0 Å². The van der Waals surface area contributed by atoms with Gasteiger partial charge in [-0.25, -0.2) is 14.4 Å². The molecule has 2 aliphatic heterocycles. The van der Waals surface area contributed by atoms with E-state index in [-0.39, 0.29) is 30.9 Å². The Bertz CT molecular complexity index is 2340. The second kappa shape index (κ2) is 14.5. The van der Waals surface area contributed by atoms with E-state index in [9.17, 15) is 19.5 Å². The SMILES string of the molecule is COc1ccc(C(OC[C@H]2O[C@@H](n3cnc4c(=O)n(CCN5C(=O)c6ccccc6C5=O)cnc43)[C@H](O)[C@@H]2F)(c2ccccc2)c2ccc(OC)cc2)cc1. The van der Waals surface area contributed by atoms with Crippen LogP contribution in [-0.2, 0) is 21.6 Å². The van der Waals surface area contributed by atoms with Crippen LogP contribution in [-0.4, -0.2) is 86.7 Å². The van der Waals surface area contributed by atoms with E-state index in [4.69, 9.17) is 18.9 Å². The predicted molar refractivity (Wildman–Crippen MR) is 197 cm³/mol. The number of fused-ring (bicyclic) bond motifs is 2.